The summed E-state index contributed by atoms with van der Waals surface area (Å²) >= 11 is 0. The van der Waals surface area contributed by atoms with Crippen LogP contribution in [0, 0.1) is 5.92 Å². The molecule has 1 aliphatic heterocycles. The first-order valence-corrected chi connectivity index (χ1v) is 6.91. The second kappa shape index (κ2) is 6.76. The van der Waals surface area contributed by atoms with Gasteiger partial charge in [0.25, 0.3) is 10.2 Å². The Morgan fingerprint density at radius 2 is 2.12 bits per heavy atom. The Morgan fingerprint density at radius 3 is 2.62 bits per heavy atom. The molecule has 2 unspecified atom stereocenters. The van der Waals surface area contributed by atoms with Crippen molar-refractivity contribution in [2.75, 3.05) is 19.6 Å². The van der Waals surface area contributed by atoms with Crippen molar-refractivity contribution >= 4 is 22.6 Å². The maximum Gasteiger partial charge on any atom is 0.279 e. The van der Waals surface area contributed by atoms with E-state index in [0.717, 1.165) is 12.8 Å². The first-order chi connectivity index (χ1) is 7.01. The van der Waals surface area contributed by atoms with Crippen molar-refractivity contribution in [3.63, 3.8) is 0 Å². The summed E-state index contributed by atoms with van der Waals surface area (Å²) < 4.78 is 27.7. The van der Waals surface area contributed by atoms with Gasteiger partial charge in [-0.1, -0.05) is 13.8 Å². The first kappa shape index (κ1) is 16.1. The molecule has 0 aliphatic carbocycles. The zero-order chi connectivity index (χ0) is 11.5. The van der Waals surface area contributed by atoms with E-state index in [2.05, 4.69) is 11.6 Å². The van der Waals surface area contributed by atoms with Gasteiger partial charge in [0.1, 0.15) is 0 Å². The summed E-state index contributed by atoms with van der Waals surface area (Å²) in [6.45, 7) is 5.32. The molecule has 16 heavy (non-hydrogen) atoms. The molecule has 0 aromatic heterocycles. The fraction of sp³-hybridized carbons (Fsp3) is 1.00. The standard InChI is InChI=1S/C9H21N3O2S.ClH/c1-3-11-15(13,14)12-5-4-8(2)6-9(12)7-10;/h8-9,11H,3-7,10H2,1-2H3;1H. The molecule has 1 rings (SSSR count). The summed E-state index contributed by atoms with van der Waals surface area (Å²) in [5, 5.41) is 0. The molecule has 2 atom stereocenters. The van der Waals surface area contributed by atoms with Crippen LogP contribution in [-0.2, 0) is 10.2 Å². The van der Waals surface area contributed by atoms with Crippen molar-refractivity contribution in [2.45, 2.75) is 32.7 Å². The maximum absolute atomic E-state index is 11.8. The van der Waals surface area contributed by atoms with Crippen LogP contribution in [-0.4, -0.2) is 38.4 Å². The SMILES string of the molecule is CCNS(=O)(=O)N1CCC(C)CC1CN.Cl. The number of piperidine rings is 1. The van der Waals surface area contributed by atoms with Gasteiger partial charge in [-0.2, -0.15) is 12.7 Å². The van der Waals surface area contributed by atoms with Gasteiger partial charge in [-0.3, -0.25) is 0 Å². The monoisotopic (exact) mass is 271 g/mol. The minimum Gasteiger partial charge on any atom is -0.329 e. The average Bonchev–Trinajstić information content (AvgIpc) is 2.17. The third kappa shape index (κ3) is 3.85. The van der Waals surface area contributed by atoms with Crippen molar-refractivity contribution in [2.24, 2.45) is 11.7 Å². The molecule has 0 bridgehead atoms. The molecule has 7 heteroatoms. The molecule has 0 amide bonds. The quantitative estimate of drug-likeness (QED) is 0.773. The van der Waals surface area contributed by atoms with Crippen LogP contribution in [0.1, 0.15) is 26.7 Å². The van der Waals surface area contributed by atoms with Crippen molar-refractivity contribution in [1.29, 1.82) is 0 Å². The lowest BCUT2D eigenvalue weighted by Crippen LogP contribution is -2.52. The largest absolute Gasteiger partial charge is 0.329 e. The molecule has 3 N–H and O–H groups in total. The van der Waals surface area contributed by atoms with E-state index in [4.69, 9.17) is 5.73 Å². The number of hydrogen-bond donors (Lipinski definition) is 2. The zero-order valence-corrected chi connectivity index (χ0v) is 11.5. The van der Waals surface area contributed by atoms with E-state index in [-0.39, 0.29) is 18.4 Å². The third-order valence-electron chi connectivity index (χ3n) is 2.83. The van der Waals surface area contributed by atoms with Crippen LogP contribution in [0.4, 0.5) is 0 Å². The Kier molecular flexibility index (Phi) is 6.81. The predicted molar refractivity (Wildman–Crippen MR) is 67.8 cm³/mol. The molecule has 98 valence electrons. The van der Waals surface area contributed by atoms with Crippen molar-refractivity contribution < 1.29 is 8.42 Å². The molecule has 0 aromatic rings. The lowest BCUT2D eigenvalue weighted by atomic mass is 9.94. The molecule has 0 aromatic carbocycles. The average molecular weight is 272 g/mol. The van der Waals surface area contributed by atoms with Crippen molar-refractivity contribution in [3.8, 4) is 0 Å². The number of nitrogens with zero attached hydrogens (tertiary/aromatic N) is 1. The normalized spacial score (nSPS) is 27.4. The van der Waals surface area contributed by atoms with E-state index < -0.39 is 10.2 Å². The Balaban J connectivity index is 0.00000225. The van der Waals surface area contributed by atoms with Gasteiger partial charge in [0.15, 0.2) is 0 Å². The van der Waals surface area contributed by atoms with E-state index in [1.807, 2.05) is 0 Å². The van der Waals surface area contributed by atoms with E-state index in [1.165, 1.54) is 4.31 Å². The van der Waals surface area contributed by atoms with E-state index >= 15 is 0 Å². The lowest BCUT2D eigenvalue weighted by molar-refractivity contribution is 0.209. The van der Waals surface area contributed by atoms with Gasteiger partial charge < -0.3 is 5.73 Å². The Morgan fingerprint density at radius 1 is 1.50 bits per heavy atom. The van der Waals surface area contributed by atoms with Crippen LogP contribution in [0.25, 0.3) is 0 Å². The third-order valence-corrected chi connectivity index (χ3v) is 4.58. The number of nitrogens with two attached hydrogens (primary N) is 1. The van der Waals surface area contributed by atoms with Gasteiger partial charge in [0, 0.05) is 25.7 Å². The topological polar surface area (TPSA) is 75.4 Å². The van der Waals surface area contributed by atoms with Crippen LogP contribution < -0.4 is 10.5 Å². The molecule has 0 spiro atoms. The summed E-state index contributed by atoms with van der Waals surface area (Å²) in [6, 6.07) is -0.0437. The minimum atomic E-state index is -3.31. The van der Waals surface area contributed by atoms with Gasteiger partial charge in [-0.15, -0.1) is 12.4 Å². The van der Waals surface area contributed by atoms with Crippen LogP contribution in [0.15, 0.2) is 0 Å². The van der Waals surface area contributed by atoms with E-state index in [1.54, 1.807) is 6.92 Å². The molecule has 1 saturated heterocycles. The van der Waals surface area contributed by atoms with E-state index in [9.17, 15) is 8.42 Å². The summed E-state index contributed by atoms with van der Waals surface area (Å²) in [4.78, 5) is 0. The molecular formula is C9H22ClN3O2S. The smallest absolute Gasteiger partial charge is 0.279 e. The predicted octanol–water partition coefficient (Wildman–Crippen LogP) is 0.322. The minimum absolute atomic E-state index is 0. The fourth-order valence-corrected chi connectivity index (χ4v) is 3.47. The highest BCUT2D eigenvalue weighted by Gasteiger charge is 2.33. The summed E-state index contributed by atoms with van der Waals surface area (Å²) in [5.74, 6) is 0.562. The van der Waals surface area contributed by atoms with Gasteiger partial charge >= 0.3 is 0 Å². The highest BCUT2D eigenvalue weighted by molar-refractivity contribution is 7.87. The highest BCUT2D eigenvalue weighted by Crippen LogP contribution is 2.23. The Bertz CT molecular complexity index is 297. The first-order valence-electron chi connectivity index (χ1n) is 5.47. The van der Waals surface area contributed by atoms with Crippen molar-refractivity contribution in [3.05, 3.63) is 0 Å². The molecule has 5 nitrogen and oxygen atoms in total. The lowest BCUT2D eigenvalue weighted by Gasteiger charge is -2.36. The highest BCUT2D eigenvalue weighted by atomic mass is 35.5. The molecule has 0 saturated carbocycles. The van der Waals surface area contributed by atoms with Crippen molar-refractivity contribution in [1.82, 2.24) is 9.03 Å². The zero-order valence-electron chi connectivity index (χ0n) is 9.85. The van der Waals surface area contributed by atoms with E-state index in [0.29, 0.717) is 25.6 Å². The Hall–Kier alpha value is 0.120. The summed E-state index contributed by atoms with van der Waals surface area (Å²) in [5.41, 5.74) is 5.61. The molecule has 0 radical (unpaired) electrons. The van der Waals surface area contributed by atoms with Crippen LogP contribution in [0.3, 0.4) is 0 Å². The fourth-order valence-electron chi connectivity index (χ4n) is 2.03. The van der Waals surface area contributed by atoms with Crippen LogP contribution in [0.2, 0.25) is 0 Å². The number of nitrogens with one attached hydrogen (secondary N) is 1. The van der Waals surface area contributed by atoms with Gasteiger partial charge in [-0.25, -0.2) is 4.72 Å². The Labute approximate surface area is 104 Å². The number of hydrogen-bond acceptors (Lipinski definition) is 3. The molecule has 1 heterocycles. The van der Waals surface area contributed by atoms with Crippen LogP contribution in [0.5, 0.6) is 0 Å². The van der Waals surface area contributed by atoms with Gasteiger partial charge in [0.2, 0.25) is 0 Å². The molecule has 1 fully saturated rings. The summed E-state index contributed by atoms with van der Waals surface area (Å²) in [7, 11) is -3.31. The maximum atomic E-state index is 11.8. The van der Waals surface area contributed by atoms with Gasteiger partial charge in [-0.05, 0) is 18.8 Å². The molecular weight excluding hydrogens is 250 g/mol. The summed E-state index contributed by atoms with van der Waals surface area (Å²) in [6.07, 6.45) is 1.78. The number of halogens is 1. The van der Waals surface area contributed by atoms with Crippen LogP contribution >= 0.6 is 12.4 Å². The molecule has 1 aliphatic rings. The second-order valence-corrected chi connectivity index (χ2v) is 5.84. The second-order valence-electron chi connectivity index (χ2n) is 4.13. The number of rotatable bonds is 4. The van der Waals surface area contributed by atoms with Gasteiger partial charge in [0.05, 0.1) is 0 Å².